The lowest BCUT2D eigenvalue weighted by molar-refractivity contribution is 0.601. The second-order valence-electron chi connectivity index (χ2n) is 23.6. The molecule has 0 radical (unpaired) electrons. The molecule has 0 aliphatic heterocycles. The number of rotatable bonds is 8. The van der Waals surface area contributed by atoms with Crippen molar-refractivity contribution in [2.24, 2.45) is 0 Å². The van der Waals surface area contributed by atoms with Gasteiger partial charge in [-0.15, -0.1) is 0 Å². The molecule has 0 fully saturated rings. The fourth-order valence-corrected chi connectivity index (χ4v) is 13.9. The van der Waals surface area contributed by atoms with E-state index in [1.165, 1.54) is 77.2 Å². The first-order chi connectivity index (χ1) is 37.9. The Bertz CT molecular complexity index is 4330. The Balaban J connectivity index is 0.949. The Morgan fingerprint density at radius 3 is 1.06 bits per heavy atom. The number of hydrogen-bond acceptors (Lipinski definition) is 4. The lowest BCUT2D eigenvalue weighted by Gasteiger charge is -2.32. The first-order valence-corrected chi connectivity index (χ1v) is 27.8. The average Bonchev–Trinajstić information content (AvgIpc) is 3.90. The zero-order valence-corrected chi connectivity index (χ0v) is 45.5. The largest absolute Gasteiger partial charge is 0.454 e. The fraction of sp³-hybridized carbons (Fsp3) is 0.162. The molecule has 78 heavy (non-hydrogen) atoms. The van der Waals surface area contributed by atoms with E-state index in [4.69, 9.17) is 8.83 Å². The number of anilines is 6. The molecule has 2 aromatic heterocycles. The molecule has 0 unspecified atom stereocenters. The van der Waals surface area contributed by atoms with E-state index in [-0.39, 0.29) is 10.8 Å². The first kappa shape index (κ1) is 46.4. The molecule has 0 amide bonds. The van der Waals surface area contributed by atoms with E-state index < -0.39 is 0 Å². The number of furan rings is 2. The van der Waals surface area contributed by atoms with E-state index in [2.05, 4.69) is 271 Å². The van der Waals surface area contributed by atoms with Crippen LogP contribution in [0.5, 0.6) is 0 Å². The summed E-state index contributed by atoms with van der Waals surface area (Å²) in [6.07, 6.45) is 0. The number of para-hydroxylation sites is 4. The summed E-state index contributed by atoms with van der Waals surface area (Å²) in [5, 5.41) is 9.34. The monoisotopic (exact) mass is 1010 g/mol. The highest BCUT2D eigenvalue weighted by Gasteiger charge is 2.48. The summed E-state index contributed by atoms with van der Waals surface area (Å²) >= 11 is 0. The van der Waals surface area contributed by atoms with Crippen molar-refractivity contribution >= 4 is 99.5 Å². The molecular weight excluding hydrogens is 949 g/mol. The van der Waals surface area contributed by atoms with Gasteiger partial charge in [-0.2, -0.15) is 0 Å². The number of nitrogens with zero attached hydrogens (tertiary/aromatic N) is 2. The smallest absolute Gasteiger partial charge is 0.159 e. The molecule has 2 aliphatic rings. The first-order valence-electron chi connectivity index (χ1n) is 27.8. The summed E-state index contributed by atoms with van der Waals surface area (Å²) in [6, 6.07) is 76.5. The Labute approximate surface area is 455 Å². The Hall–Kier alpha value is -8.86. The predicted octanol–water partition coefficient (Wildman–Crippen LogP) is 21.6. The summed E-state index contributed by atoms with van der Waals surface area (Å²) in [6.45, 7) is 18.9. The third kappa shape index (κ3) is 6.53. The topological polar surface area (TPSA) is 32.8 Å². The summed E-state index contributed by atoms with van der Waals surface area (Å²) in [5.74, 6) is 0.818. The van der Waals surface area contributed by atoms with Crippen LogP contribution in [0.2, 0.25) is 0 Å². The van der Waals surface area contributed by atoms with Gasteiger partial charge in [0.1, 0.15) is 11.2 Å². The van der Waals surface area contributed by atoms with Crippen LogP contribution in [0.4, 0.5) is 34.1 Å². The minimum Gasteiger partial charge on any atom is -0.454 e. The highest BCUT2D eigenvalue weighted by molar-refractivity contribution is 6.17. The lowest BCUT2D eigenvalue weighted by Crippen LogP contribution is -2.24. The van der Waals surface area contributed by atoms with E-state index in [0.717, 1.165) is 78.0 Å². The zero-order valence-electron chi connectivity index (χ0n) is 45.5. The number of fused-ring (bicyclic) bond motifs is 17. The van der Waals surface area contributed by atoms with Gasteiger partial charge in [0, 0.05) is 54.5 Å². The van der Waals surface area contributed by atoms with E-state index in [1.807, 2.05) is 0 Å². The van der Waals surface area contributed by atoms with Crippen LogP contribution in [0, 0.1) is 0 Å². The van der Waals surface area contributed by atoms with Crippen molar-refractivity contribution in [1.82, 2.24) is 0 Å². The van der Waals surface area contributed by atoms with Crippen molar-refractivity contribution in [3.05, 3.63) is 240 Å². The second-order valence-corrected chi connectivity index (χ2v) is 23.6. The van der Waals surface area contributed by atoms with Gasteiger partial charge < -0.3 is 18.6 Å². The molecule has 4 nitrogen and oxygen atoms in total. The molecule has 0 spiro atoms. The molecule has 11 aromatic carbocycles. The van der Waals surface area contributed by atoms with Gasteiger partial charge in [0.05, 0.1) is 22.7 Å². The summed E-state index contributed by atoms with van der Waals surface area (Å²) < 4.78 is 13.7. The van der Waals surface area contributed by atoms with E-state index in [1.54, 1.807) is 0 Å². The van der Waals surface area contributed by atoms with Crippen molar-refractivity contribution in [3.8, 4) is 22.3 Å². The summed E-state index contributed by atoms with van der Waals surface area (Å²) in [5.41, 5.74) is 22.6. The van der Waals surface area contributed by atoms with Crippen LogP contribution in [0.15, 0.2) is 215 Å². The molecule has 0 bridgehead atoms. The van der Waals surface area contributed by atoms with Crippen LogP contribution in [-0.2, 0) is 10.8 Å². The maximum atomic E-state index is 6.87. The minimum absolute atomic E-state index is 0.383. The SMILES string of the molecule is CC(C)c1ccc(N(c2cc3c(c4ccccc24)-c2ccc4c(c2C3(C)C)C(C)(C)c2cc(N(c3ccc(C(C)C)cc3)c3cccc5c3oc3ccccc35)c3ccccc3c2-4)c2cccc3c2oc2ccccc23)cc1. The van der Waals surface area contributed by atoms with Crippen molar-refractivity contribution in [1.29, 1.82) is 0 Å². The van der Waals surface area contributed by atoms with Crippen molar-refractivity contribution in [2.75, 3.05) is 9.80 Å². The van der Waals surface area contributed by atoms with Crippen LogP contribution in [0.25, 0.3) is 87.7 Å². The van der Waals surface area contributed by atoms with Gasteiger partial charge in [-0.25, -0.2) is 0 Å². The summed E-state index contributed by atoms with van der Waals surface area (Å²) in [7, 11) is 0. The normalized spacial score (nSPS) is 14.1. The van der Waals surface area contributed by atoms with Gasteiger partial charge in [-0.05, 0) is 139 Å². The van der Waals surface area contributed by atoms with Gasteiger partial charge in [0.15, 0.2) is 11.2 Å². The molecule has 4 heteroatoms. The maximum absolute atomic E-state index is 6.87. The average molecular weight is 1010 g/mol. The highest BCUT2D eigenvalue weighted by Crippen LogP contribution is 2.63. The maximum Gasteiger partial charge on any atom is 0.159 e. The third-order valence-corrected chi connectivity index (χ3v) is 17.8. The standard InChI is InChI=1S/C74H60N2O2/c1-43(2)45-31-35-47(36-32-45)75(61-27-17-25-55-51-21-13-15-29-65(51)77-71(55)61)63-41-59-67(53-23-11-9-19-49(53)63)57-39-40-58-68-54-24-12-10-20-50(54)64(42-60(68)74(7,8)70(58)69(57)73(59,5)6)76(48-37-33-46(34-38-48)44(3)4)62-28-18-26-56-52-22-14-16-30-66(52)78-72(56)62/h9-44H,1-8H3. The predicted molar refractivity (Wildman–Crippen MR) is 329 cm³/mol. The summed E-state index contributed by atoms with van der Waals surface area (Å²) in [4.78, 5) is 4.92. The molecular formula is C74H60N2O2. The molecule has 378 valence electrons. The van der Waals surface area contributed by atoms with Crippen LogP contribution in [-0.4, -0.2) is 0 Å². The molecule has 2 aliphatic carbocycles. The quantitative estimate of drug-likeness (QED) is 0.152. The number of benzene rings is 11. The van der Waals surface area contributed by atoms with Crippen molar-refractivity contribution in [3.63, 3.8) is 0 Å². The highest BCUT2D eigenvalue weighted by atomic mass is 16.3. The molecule has 2 heterocycles. The van der Waals surface area contributed by atoms with Crippen molar-refractivity contribution in [2.45, 2.75) is 78.1 Å². The Morgan fingerprint density at radius 1 is 0.333 bits per heavy atom. The van der Waals surface area contributed by atoms with Crippen LogP contribution in [0.1, 0.15) is 101 Å². The molecule has 0 saturated heterocycles. The lowest BCUT2D eigenvalue weighted by atomic mass is 9.72. The van der Waals surface area contributed by atoms with Gasteiger partial charge in [-0.3, -0.25) is 0 Å². The van der Waals surface area contributed by atoms with Gasteiger partial charge >= 0.3 is 0 Å². The van der Waals surface area contributed by atoms with Crippen LogP contribution in [0.3, 0.4) is 0 Å². The van der Waals surface area contributed by atoms with Gasteiger partial charge in [-0.1, -0.05) is 201 Å². The zero-order chi connectivity index (χ0) is 52.9. The minimum atomic E-state index is -0.383. The van der Waals surface area contributed by atoms with Gasteiger partial charge in [0.2, 0.25) is 0 Å². The fourth-order valence-electron chi connectivity index (χ4n) is 13.9. The van der Waals surface area contributed by atoms with Crippen LogP contribution >= 0.6 is 0 Å². The number of hydrogen-bond donors (Lipinski definition) is 0. The van der Waals surface area contributed by atoms with E-state index >= 15 is 0 Å². The Kier molecular flexibility index (Phi) is 10.0. The van der Waals surface area contributed by atoms with E-state index in [0.29, 0.717) is 11.8 Å². The molecule has 13 aromatic rings. The molecule has 0 atom stereocenters. The molecule has 15 rings (SSSR count). The second kappa shape index (κ2) is 16.8. The Morgan fingerprint density at radius 2 is 0.679 bits per heavy atom. The van der Waals surface area contributed by atoms with E-state index in [9.17, 15) is 0 Å². The van der Waals surface area contributed by atoms with Crippen LogP contribution < -0.4 is 9.80 Å². The van der Waals surface area contributed by atoms with Gasteiger partial charge in [0.25, 0.3) is 0 Å². The molecule has 0 saturated carbocycles. The van der Waals surface area contributed by atoms with Crippen molar-refractivity contribution < 1.29 is 8.83 Å². The third-order valence-electron chi connectivity index (χ3n) is 17.8. The molecule has 0 N–H and O–H groups in total.